The molecular weight excluding hydrogens is 266 g/mol. The number of nitrogens with one attached hydrogen (secondary N) is 1. The molecule has 0 saturated carbocycles. The van der Waals surface area contributed by atoms with Gasteiger partial charge in [-0.3, -0.25) is 9.69 Å². The Morgan fingerprint density at radius 1 is 1.62 bits per heavy atom. The van der Waals surface area contributed by atoms with E-state index in [0.29, 0.717) is 24.0 Å². The minimum absolute atomic E-state index is 0.128. The molecule has 2 atom stereocenters. The van der Waals surface area contributed by atoms with Crippen molar-refractivity contribution in [2.45, 2.75) is 32.7 Å². The molecule has 1 aliphatic rings. The Labute approximate surface area is 126 Å². The predicted octanol–water partition coefficient (Wildman–Crippen LogP) is 1.94. The Morgan fingerprint density at radius 3 is 3.14 bits per heavy atom. The molecule has 5 nitrogen and oxygen atoms in total. The van der Waals surface area contributed by atoms with Crippen LogP contribution in [0, 0.1) is 5.92 Å². The van der Waals surface area contributed by atoms with Gasteiger partial charge in [0.05, 0.1) is 7.11 Å². The number of piperidine rings is 1. The first-order valence-electron chi connectivity index (χ1n) is 7.63. The van der Waals surface area contributed by atoms with Crippen molar-refractivity contribution in [2.24, 2.45) is 5.92 Å². The summed E-state index contributed by atoms with van der Waals surface area (Å²) in [4.78, 5) is 18.7. The van der Waals surface area contributed by atoms with Crippen molar-refractivity contribution in [1.82, 2.24) is 15.2 Å². The third-order valence-electron chi connectivity index (χ3n) is 4.08. The van der Waals surface area contributed by atoms with Crippen LogP contribution in [0.1, 0.15) is 37.0 Å². The summed E-state index contributed by atoms with van der Waals surface area (Å²) in [6.07, 6.45) is 4.17. The van der Waals surface area contributed by atoms with E-state index in [1.807, 2.05) is 0 Å². The van der Waals surface area contributed by atoms with Gasteiger partial charge in [-0.1, -0.05) is 6.92 Å². The van der Waals surface area contributed by atoms with Crippen LogP contribution in [0.25, 0.3) is 0 Å². The van der Waals surface area contributed by atoms with E-state index in [0.717, 1.165) is 19.0 Å². The number of carbonyl (C=O) groups excluding carboxylic acids is 1. The maximum atomic E-state index is 12.2. The molecule has 2 unspecified atom stereocenters. The van der Waals surface area contributed by atoms with Crippen LogP contribution in [0.3, 0.4) is 0 Å². The standard InChI is InChI=1S/C16H25N3O2/c1-12-6-5-9-19(11-12)13(2)10-18-15(20)14-7-4-8-17-16(14)21-3/h4,7-8,12-13H,5-6,9-11H2,1-3H3,(H,18,20). The monoisotopic (exact) mass is 291 g/mol. The van der Waals surface area contributed by atoms with Crippen LogP contribution in [0.2, 0.25) is 0 Å². The van der Waals surface area contributed by atoms with Gasteiger partial charge >= 0.3 is 0 Å². The highest BCUT2D eigenvalue weighted by atomic mass is 16.5. The zero-order chi connectivity index (χ0) is 15.2. The Hall–Kier alpha value is -1.62. The number of aromatic nitrogens is 1. The first-order valence-corrected chi connectivity index (χ1v) is 7.63. The number of hydrogen-bond donors (Lipinski definition) is 1. The summed E-state index contributed by atoms with van der Waals surface area (Å²) in [5.74, 6) is 0.987. The zero-order valence-electron chi connectivity index (χ0n) is 13.1. The largest absolute Gasteiger partial charge is 0.480 e. The van der Waals surface area contributed by atoms with Gasteiger partial charge in [-0.25, -0.2) is 4.98 Å². The molecule has 1 aromatic rings. The Balaban J connectivity index is 1.88. The number of methoxy groups -OCH3 is 1. The number of likely N-dealkylation sites (tertiary alicyclic amines) is 1. The molecule has 0 spiro atoms. The fourth-order valence-corrected chi connectivity index (χ4v) is 2.82. The number of nitrogens with zero attached hydrogens (tertiary/aromatic N) is 2. The van der Waals surface area contributed by atoms with Crippen LogP contribution >= 0.6 is 0 Å². The molecule has 116 valence electrons. The molecule has 1 amide bonds. The average molecular weight is 291 g/mol. The first kappa shape index (κ1) is 15.8. The quantitative estimate of drug-likeness (QED) is 0.901. The van der Waals surface area contributed by atoms with E-state index >= 15 is 0 Å². The minimum Gasteiger partial charge on any atom is -0.480 e. The van der Waals surface area contributed by atoms with E-state index in [4.69, 9.17) is 4.74 Å². The summed E-state index contributed by atoms with van der Waals surface area (Å²) < 4.78 is 5.12. The third kappa shape index (κ3) is 4.17. The minimum atomic E-state index is -0.128. The van der Waals surface area contributed by atoms with Gasteiger partial charge in [-0.15, -0.1) is 0 Å². The maximum Gasteiger partial charge on any atom is 0.256 e. The maximum absolute atomic E-state index is 12.2. The molecular formula is C16H25N3O2. The molecule has 0 bridgehead atoms. The molecule has 1 fully saturated rings. The van der Waals surface area contributed by atoms with Gasteiger partial charge in [0.25, 0.3) is 5.91 Å². The average Bonchev–Trinajstić information content (AvgIpc) is 2.52. The van der Waals surface area contributed by atoms with E-state index in [-0.39, 0.29) is 5.91 Å². The second-order valence-corrected chi connectivity index (χ2v) is 5.86. The summed E-state index contributed by atoms with van der Waals surface area (Å²) in [5.41, 5.74) is 0.485. The van der Waals surface area contributed by atoms with Crippen molar-refractivity contribution in [3.63, 3.8) is 0 Å². The Morgan fingerprint density at radius 2 is 2.43 bits per heavy atom. The highest BCUT2D eigenvalue weighted by Crippen LogP contribution is 2.17. The van der Waals surface area contributed by atoms with E-state index in [1.54, 1.807) is 18.3 Å². The highest BCUT2D eigenvalue weighted by Gasteiger charge is 2.21. The smallest absolute Gasteiger partial charge is 0.256 e. The van der Waals surface area contributed by atoms with Gasteiger partial charge < -0.3 is 10.1 Å². The van der Waals surface area contributed by atoms with Crippen molar-refractivity contribution in [3.05, 3.63) is 23.9 Å². The van der Waals surface area contributed by atoms with Crippen molar-refractivity contribution in [3.8, 4) is 5.88 Å². The van der Waals surface area contributed by atoms with Crippen LogP contribution in [-0.4, -0.2) is 48.6 Å². The fraction of sp³-hybridized carbons (Fsp3) is 0.625. The van der Waals surface area contributed by atoms with Crippen LogP contribution < -0.4 is 10.1 Å². The van der Waals surface area contributed by atoms with Crippen molar-refractivity contribution < 1.29 is 9.53 Å². The van der Waals surface area contributed by atoms with Gasteiger partial charge in [0.1, 0.15) is 5.56 Å². The lowest BCUT2D eigenvalue weighted by Crippen LogP contribution is -2.46. The second-order valence-electron chi connectivity index (χ2n) is 5.86. The number of rotatable bonds is 5. The van der Waals surface area contributed by atoms with Gasteiger partial charge in [-0.2, -0.15) is 0 Å². The van der Waals surface area contributed by atoms with Crippen LogP contribution in [-0.2, 0) is 0 Å². The van der Waals surface area contributed by atoms with E-state index < -0.39 is 0 Å². The van der Waals surface area contributed by atoms with Crippen LogP contribution in [0.4, 0.5) is 0 Å². The summed E-state index contributed by atoms with van der Waals surface area (Å²) in [6.45, 7) is 7.34. The number of ether oxygens (including phenoxy) is 1. The third-order valence-corrected chi connectivity index (χ3v) is 4.08. The highest BCUT2D eigenvalue weighted by molar-refractivity contribution is 5.96. The topological polar surface area (TPSA) is 54.5 Å². The fourth-order valence-electron chi connectivity index (χ4n) is 2.82. The van der Waals surface area contributed by atoms with Gasteiger partial charge in [0.2, 0.25) is 5.88 Å². The van der Waals surface area contributed by atoms with E-state index in [1.165, 1.54) is 20.0 Å². The van der Waals surface area contributed by atoms with Gasteiger partial charge in [-0.05, 0) is 44.4 Å². The lowest BCUT2D eigenvalue weighted by Gasteiger charge is -2.35. The number of carbonyl (C=O) groups is 1. The van der Waals surface area contributed by atoms with Gasteiger partial charge in [0.15, 0.2) is 0 Å². The summed E-state index contributed by atoms with van der Waals surface area (Å²) in [6, 6.07) is 3.82. The lowest BCUT2D eigenvalue weighted by atomic mass is 9.99. The van der Waals surface area contributed by atoms with Crippen LogP contribution in [0.5, 0.6) is 5.88 Å². The molecule has 1 aromatic heterocycles. The summed E-state index contributed by atoms with van der Waals surface area (Å²) in [5, 5.41) is 2.98. The molecule has 0 aliphatic carbocycles. The van der Waals surface area contributed by atoms with Crippen molar-refractivity contribution in [1.29, 1.82) is 0 Å². The molecule has 1 N–H and O–H groups in total. The molecule has 2 heterocycles. The van der Waals surface area contributed by atoms with E-state index in [2.05, 4.69) is 29.0 Å². The summed E-state index contributed by atoms with van der Waals surface area (Å²) >= 11 is 0. The normalized spacial score (nSPS) is 20.8. The molecule has 0 radical (unpaired) electrons. The molecule has 21 heavy (non-hydrogen) atoms. The van der Waals surface area contributed by atoms with Crippen molar-refractivity contribution in [2.75, 3.05) is 26.7 Å². The predicted molar refractivity (Wildman–Crippen MR) is 82.6 cm³/mol. The first-order chi connectivity index (χ1) is 10.1. The molecule has 5 heteroatoms. The SMILES string of the molecule is COc1ncccc1C(=O)NCC(C)N1CCCC(C)C1. The number of amides is 1. The summed E-state index contributed by atoms with van der Waals surface area (Å²) in [7, 11) is 1.52. The number of hydrogen-bond acceptors (Lipinski definition) is 4. The Bertz CT molecular complexity index is 478. The Kier molecular flexibility index (Phi) is 5.56. The molecule has 1 saturated heterocycles. The second kappa shape index (κ2) is 7.41. The molecule has 1 aliphatic heterocycles. The number of pyridine rings is 1. The molecule has 2 rings (SSSR count). The van der Waals surface area contributed by atoms with E-state index in [9.17, 15) is 4.79 Å². The van der Waals surface area contributed by atoms with Crippen LogP contribution in [0.15, 0.2) is 18.3 Å². The lowest BCUT2D eigenvalue weighted by molar-refractivity contribution is 0.0914. The van der Waals surface area contributed by atoms with Gasteiger partial charge in [0, 0.05) is 25.3 Å². The zero-order valence-corrected chi connectivity index (χ0v) is 13.1. The van der Waals surface area contributed by atoms with Crippen molar-refractivity contribution >= 4 is 5.91 Å². The molecule has 0 aromatic carbocycles.